The van der Waals surface area contributed by atoms with E-state index in [4.69, 9.17) is 17.0 Å². The van der Waals surface area contributed by atoms with E-state index in [9.17, 15) is 15.0 Å². The van der Waals surface area contributed by atoms with Crippen LogP contribution < -0.4 is 15.0 Å². The lowest BCUT2D eigenvalue weighted by Crippen LogP contribution is -2.61. The monoisotopic (exact) mass is 441 g/mol. The molecule has 3 N–H and O–H groups in total. The van der Waals surface area contributed by atoms with Crippen LogP contribution in [0.4, 0.5) is 5.69 Å². The normalized spacial score (nSPS) is 27.4. The van der Waals surface area contributed by atoms with E-state index < -0.39 is 30.2 Å². The number of anilines is 1. The van der Waals surface area contributed by atoms with E-state index in [1.807, 2.05) is 59.5 Å². The quantitative estimate of drug-likeness (QED) is 0.607. The Morgan fingerprint density at radius 3 is 2.52 bits per heavy atom. The van der Waals surface area contributed by atoms with Gasteiger partial charge < -0.3 is 30.1 Å². The number of carbonyl (C=O) groups is 1. The summed E-state index contributed by atoms with van der Waals surface area (Å²) < 4.78 is 5.24. The Morgan fingerprint density at radius 2 is 1.87 bits per heavy atom. The summed E-state index contributed by atoms with van der Waals surface area (Å²) >= 11 is 5.57. The Morgan fingerprint density at radius 1 is 1.19 bits per heavy atom. The number of benzene rings is 2. The van der Waals surface area contributed by atoms with E-state index in [2.05, 4.69) is 5.32 Å². The molecule has 0 spiro atoms. The molecule has 164 valence electrons. The molecule has 0 radical (unpaired) electrons. The fourth-order valence-electron chi connectivity index (χ4n) is 4.59. The van der Waals surface area contributed by atoms with Crippen molar-refractivity contribution >= 4 is 28.9 Å². The van der Waals surface area contributed by atoms with Gasteiger partial charge in [0.1, 0.15) is 11.9 Å². The molecule has 2 aromatic carbocycles. The number of hydrogen-bond donors (Lipinski definition) is 3. The zero-order valence-corrected chi connectivity index (χ0v) is 18.3. The molecule has 2 fully saturated rings. The van der Waals surface area contributed by atoms with Gasteiger partial charge in [-0.05, 0) is 48.5 Å². The topological polar surface area (TPSA) is 85.3 Å². The predicted octanol–water partition coefficient (Wildman–Crippen LogP) is 1.53. The van der Waals surface area contributed by atoms with Crippen molar-refractivity contribution in [3.05, 3.63) is 60.2 Å². The van der Waals surface area contributed by atoms with Gasteiger partial charge in [-0.1, -0.05) is 30.3 Å². The van der Waals surface area contributed by atoms with Crippen LogP contribution in [0.5, 0.6) is 5.75 Å². The second-order valence-electron chi connectivity index (χ2n) is 8.11. The summed E-state index contributed by atoms with van der Waals surface area (Å²) in [6.45, 7) is 0.465. The summed E-state index contributed by atoms with van der Waals surface area (Å²) in [7, 11) is 3.36. The Bertz CT molecular complexity index is 940. The number of aliphatic hydroxyl groups excluding tert-OH is 2. The Hall–Kier alpha value is -2.68. The second kappa shape index (κ2) is 8.82. The lowest BCUT2D eigenvalue weighted by Gasteiger charge is -2.42. The van der Waals surface area contributed by atoms with Crippen molar-refractivity contribution in [2.24, 2.45) is 5.92 Å². The van der Waals surface area contributed by atoms with Gasteiger partial charge >= 0.3 is 0 Å². The van der Waals surface area contributed by atoms with E-state index >= 15 is 0 Å². The summed E-state index contributed by atoms with van der Waals surface area (Å²) in [5.74, 6) is 0.0923. The SMILES string of the molecule is COc1ccc(N2C(=S)NC3C(O)C(O)CC(C(=O)N(C)Cc4ccccc4)C32)cc1. The lowest BCUT2D eigenvalue weighted by molar-refractivity contribution is -0.141. The van der Waals surface area contributed by atoms with Crippen molar-refractivity contribution in [1.82, 2.24) is 10.2 Å². The minimum atomic E-state index is -1.02. The first-order chi connectivity index (χ1) is 14.9. The first-order valence-corrected chi connectivity index (χ1v) is 10.7. The fraction of sp³-hybridized carbons (Fsp3) is 0.391. The van der Waals surface area contributed by atoms with Gasteiger partial charge in [0.05, 0.1) is 31.2 Å². The van der Waals surface area contributed by atoms with Crippen LogP contribution in [-0.4, -0.2) is 64.6 Å². The van der Waals surface area contributed by atoms with Gasteiger partial charge in [-0.15, -0.1) is 0 Å². The second-order valence-corrected chi connectivity index (χ2v) is 8.50. The number of rotatable bonds is 5. The fourth-order valence-corrected chi connectivity index (χ4v) is 4.95. The van der Waals surface area contributed by atoms with Crippen LogP contribution in [0.1, 0.15) is 12.0 Å². The molecule has 1 saturated heterocycles. The Kier molecular flexibility index (Phi) is 6.13. The van der Waals surface area contributed by atoms with Gasteiger partial charge in [-0.25, -0.2) is 0 Å². The molecule has 1 heterocycles. The van der Waals surface area contributed by atoms with Crippen LogP contribution in [0.2, 0.25) is 0 Å². The first kappa shape index (κ1) is 21.5. The number of amides is 1. The maximum absolute atomic E-state index is 13.5. The van der Waals surface area contributed by atoms with Crippen LogP contribution in [0.15, 0.2) is 54.6 Å². The third kappa shape index (κ3) is 4.11. The number of methoxy groups -OCH3 is 1. The van der Waals surface area contributed by atoms with Crippen LogP contribution >= 0.6 is 12.2 Å². The van der Waals surface area contributed by atoms with Gasteiger partial charge in [0.2, 0.25) is 5.91 Å². The summed E-state index contributed by atoms with van der Waals surface area (Å²) in [4.78, 5) is 17.1. The number of nitrogens with zero attached hydrogens (tertiary/aromatic N) is 2. The van der Waals surface area contributed by atoms with Crippen LogP contribution in [0, 0.1) is 5.92 Å². The number of hydrogen-bond acceptors (Lipinski definition) is 5. The molecular weight excluding hydrogens is 414 g/mol. The average Bonchev–Trinajstić information content (AvgIpc) is 3.13. The number of ether oxygens (including phenoxy) is 1. The van der Waals surface area contributed by atoms with Crippen LogP contribution in [-0.2, 0) is 11.3 Å². The van der Waals surface area contributed by atoms with Crippen molar-refractivity contribution in [2.75, 3.05) is 19.1 Å². The summed E-state index contributed by atoms with van der Waals surface area (Å²) in [6.07, 6.45) is -1.86. The molecule has 1 saturated carbocycles. The van der Waals surface area contributed by atoms with E-state index in [0.29, 0.717) is 17.4 Å². The molecule has 1 aliphatic heterocycles. The van der Waals surface area contributed by atoms with Crippen molar-refractivity contribution in [3.63, 3.8) is 0 Å². The highest BCUT2D eigenvalue weighted by Crippen LogP contribution is 2.38. The average molecular weight is 442 g/mol. The maximum Gasteiger partial charge on any atom is 0.228 e. The summed E-state index contributed by atoms with van der Waals surface area (Å²) in [6, 6.07) is 16.2. The third-order valence-corrected chi connectivity index (χ3v) is 6.47. The number of carbonyl (C=O) groups excluding carboxylic acids is 1. The smallest absolute Gasteiger partial charge is 0.228 e. The predicted molar refractivity (Wildman–Crippen MR) is 122 cm³/mol. The van der Waals surface area contributed by atoms with E-state index in [0.717, 1.165) is 11.3 Å². The highest BCUT2D eigenvalue weighted by atomic mass is 32.1. The Labute approximate surface area is 187 Å². The molecule has 7 nitrogen and oxygen atoms in total. The van der Waals surface area contributed by atoms with Gasteiger partial charge in [-0.2, -0.15) is 0 Å². The molecule has 0 bridgehead atoms. The van der Waals surface area contributed by atoms with E-state index in [1.165, 1.54) is 0 Å². The highest BCUT2D eigenvalue weighted by Gasteiger charge is 2.54. The maximum atomic E-state index is 13.5. The molecular formula is C23H27N3O4S. The molecule has 5 atom stereocenters. The molecule has 0 aromatic heterocycles. The molecule has 1 aliphatic carbocycles. The largest absolute Gasteiger partial charge is 0.497 e. The molecule has 5 unspecified atom stereocenters. The van der Waals surface area contributed by atoms with Gasteiger partial charge in [0.25, 0.3) is 0 Å². The number of thiocarbonyl (C=S) groups is 1. The van der Waals surface area contributed by atoms with E-state index in [1.54, 1.807) is 19.1 Å². The van der Waals surface area contributed by atoms with Crippen molar-refractivity contribution < 1.29 is 19.7 Å². The molecule has 4 rings (SSSR count). The molecule has 2 aliphatic rings. The zero-order chi connectivity index (χ0) is 22.1. The van der Waals surface area contributed by atoms with E-state index in [-0.39, 0.29) is 12.3 Å². The molecule has 8 heteroatoms. The minimum absolute atomic E-state index is 0.0881. The van der Waals surface area contributed by atoms with Crippen LogP contribution in [0.25, 0.3) is 0 Å². The molecule has 1 amide bonds. The number of aliphatic hydroxyl groups is 2. The van der Waals surface area contributed by atoms with Crippen molar-refractivity contribution in [3.8, 4) is 5.75 Å². The van der Waals surface area contributed by atoms with Crippen molar-refractivity contribution in [2.45, 2.75) is 37.3 Å². The summed E-state index contributed by atoms with van der Waals surface area (Å²) in [5, 5.41) is 24.7. The highest BCUT2D eigenvalue weighted by molar-refractivity contribution is 7.80. The number of fused-ring (bicyclic) bond motifs is 1. The first-order valence-electron chi connectivity index (χ1n) is 10.3. The van der Waals surface area contributed by atoms with Crippen LogP contribution in [0.3, 0.4) is 0 Å². The molecule has 2 aromatic rings. The van der Waals surface area contributed by atoms with Gasteiger partial charge in [-0.3, -0.25) is 4.79 Å². The Balaban J connectivity index is 1.63. The minimum Gasteiger partial charge on any atom is -0.497 e. The lowest BCUT2D eigenvalue weighted by atomic mass is 9.77. The third-order valence-electron chi connectivity index (χ3n) is 6.15. The zero-order valence-electron chi connectivity index (χ0n) is 17.5. The molecule has 31 heavy (non-hydrogen) atoms. The van der Waals surface area contributed by atoms with Gasteiger partial charge in [0, 0.05) is 19.3 Å². The summed E-state index contributed by atoms with van der Waals surface area (Å²) in [5.41, 5.74) is 1.83. The van der Waals surface area contributed by atoms with Gasteiger partial charge in [0.15, 0.2) is 5.11 Å². The standard InChI is InChI=1S/C23H27N3O4S/c1-25(13-14-6-4-3-5-7-14)22(29)17-12-18(27)21(28)19-20(17)26(23(31)24-19)15-8-10-16(30-2)11-9-15/h3-11,17-21,27-28H,12-13H2,1-2H3,(H,24,31). The number of nitrogens with one attached hydrogen (secondary N) is 1. The van der Waals surface area contributed by atoms with Crippen molar-refractivity contribution in [1.29, 1.82) is 0 Å².